The molecule has 0 spiro atoms. The third kappa shape index (κ3) is 6.59. The van der Waals surface area contributed by atoms with Crippen LogP contribution in [0.25, 0.3) is 0 Å². The van der Waals surface area contributed by atoms with Crippen LogP contribution in [-0.2, 0) is 9.53 Å². The van der Waals surface area contributed by atoms with Gasteiger partial charge in [-0.1, -0.05) is 0 Å². The number of hydroxylamine groups is 1. The number of hydrogen-bond acceptors (Lipinski definition) is 5. The molecule has 0 aromatic carbocycles. The average Bonchev–Trinajstić information content (AvgIpc) is 1.99. The van der Waals surface area contributed by atoms with E-state index in [-0.39, 0.29) is 12.5 Å². The molecule has 0 fully saturated rings. The van der Waals surface area contributed by atoms with E-state index in [9.17, 15) is 4.79 Å². The summed E-state index contributed by atoms with van der Waals surface area (Å²) in [4.78, 5) is 10.6. The number of hydrazone groups is 1. The largest absolute Gasteiger partial charge is 0.465 e. The monoisotopic (exact) mass is 161 g/mol. The van der Waals surface area contributed by atoms with E-state index in [2.05, 4.69) is 15.3 Å². The van der Waals surface area contributed by atoms with Gasteiger partial charge in [0.05, 0.1) is 6.61 Å². The smallest absolute Gasteiger partial charge is 0.327 e. The Morgan fingerprint density at radius 2 is 2.55 bits per heavy atom. The molecule has 0 atom stereocenters. The van der Waals surface area contributed by atoms with Crippen molar-refractivity contribution in [3.05, 3.63) is 0 Å². The first-order valence-electron chi connectivity index (χ1n) is 3.11. The topological polar surface area (TPSA) is 83.0 Å². The maximum Gasteiger partial charge on any atom is 0.327 e. The van der Waals surface area contributed by atoms with Crippen LogP contribution in [0, 0.1) is 0 Å². The summed E-state index contributed by atoms with van der Waals surface area (Å²) in [5.41, 5.74) is 4.01. The summed E-state index contributed by atoms with van der Waals surface area (Å²) in [6.45, 7) is 2.06. The molecule has 0 aliphatic heterocycles. The number of nitrogens with zero attached hydrogens (tertiary/aromatic N) is 1. The number of carbonyl (C=O) groups excluding carboxylic acids is 1. The van der Waals surface area contributed by atoms with E-state index in [1.807, 2.05) is 0 Å². The van der Waals surface area contributed by atoms with Crippen molar-refractivity contribution in [2.45, 2.75) is 6.92 Å². The molecule has 64 valence electrons. The van der Waals surface area contributed by atoms with Gasteiger partial charge >= 0.3 is 5.97 Å². The molecule has 0 saturated heterocycles. The summed E-state index contributed by atoms with van der Waals surface area (Å²) >= 11 is 0. The molecule has 6 nitrogen and oxygen atoms in total. The third-order valence-corrected chi connectivity index (χ3v) is 0.742. The van der Waals surface area contributed by atoms with E-state index in [0.717, 1.165) is 6.34 Å². The number of hydrogen-bond donors (Lipinski definition) is 3. The summed E-state index contributed by atoms with van der Waals surface area (Å²) in [6.07, 6.45) is 0.999. The Bertz CT molecular complexity index is 137. The van der Waals surface area contributed by atoms with E-state index >= 15 is 0 Å². The summed E-state index contributed by atoms with van der Waals surface area (Å²) in [5.74, 6) is -0.386. The highest BCUT2D eigenvalue weighted by molar-refractivity contribution is 5.71. The lowest BCUT2D eigenvalue weighted by atomic mass is 10.7. The first kappa shape index (κ1) is 9.70. The summed E-state index contributed by atoms with van der Waals surface area (Å²) < 4.78 is 4.56. The van der Waals surface area contributed by atoms with Crippen LogP contribution in [0.1, 0.15) is 6.92 Å². The van der Waals surface area contributed by atoms with Crippen molar-refractivity contribution in [1.82, 2.24) is 10.9 Å². The van der Waals surface area contributed by atoms with E-state index in [1.54, 1.807) is 12.4 Å². The Morgan fingerprint density at radius 3 is 3.09 bits per heavy atom. The second-order valence-electron chi connectivity index (χ2n) is 1.53. The fraction of sp³-hybridized carbons (Fsp3) is 0.600. The second kappa shape index (κ2) is 6.81. The lowest BCUT2D eigenvalue weighted by Gasteiger charge is -1.99. The third-order valence-electron chi connectivity index (χ3n) is 0.742. The first-order chi connectivity index (χ1) is 5.31. The van der Waals surface area contributed by atoms with E-state index in [4.69, 9.17) is 5.21 Å². The molecule has 11 heavy (non-hydrogen) atoms. The minimum absolute atomic E-state index is 0.00792. The molecule has 0 bridgehead atoms. The molecule has 0 aromatic heterocycles. The lowest BCUT2D eigenvalue weighted by molar-refractivity contribution is -0.141. The SMILES string of the molecule is CCOC(=O)CNN=CNO. The Labute approximate surface area is 64.2 Å². The van der Waals surface area contributed by atoms with Crippen molar-refractivity contribution in [3.63, 3.8) is 0 Å². The molecule has 0 saturated carbocycles. The van der Waals surface area contributed by atoms with Crippen molar-refractivity contribution < 1.29 is 14.7 Å². The molecular weight excluding hydrogens is 150 g/mol. The van der Waals surface area contributed by atoms with Gasteiger partial charge in [-0.15, -0.1) is 0 Å². The maximum atomic E-state index is 10.6. The van der Waals surface area contributed by atoms with Gasteiger partial charge in [0.25, 0.3) is 0 Å². The Kier molecular flexibility index (Phi) is 6.01. The van der Waals surface area contributed by atoms with Crippen molar-refractivity contribution >= 4 is 12.3 Å². The van der Waals surface area contributed by atoms with Crippen molar-refractivity contribution in [3.8, 4) is 0 Å². The fourth-order valence-electron chi connectivity index (χ4n) is 0.397. The predicted octanol–water partition coefficient (Wildman–Crippen LogP) is -0.939. The van der Waals surface area contributed by atoms with Crippen LogP contribution in [0.5, 0.6) is 0 Å². The van der Waals surface area contributed by atoms with Gasteiger partial charge in [-0.05, 0) is 6.92 Å². The number of esters is 1. The highest BCUT2D eigenvalue weighted by Gasteiger charge is 1.96. The Morgan fingerprint density at radius 1 is 1.82 bits per heavy atom. The van der Waals surface area contributed by atoms with Gasteiger partial charge in [0.1, 0.15) is 12.9 Å². The standard InChI is InChI=1S/C5H11N3O3/c1-2-11-5(9)3-6-7-4-8-10/h4,6,10H,2-3H2,1H3,(H,7,8). The zero-order valence-electron chi connectivity index (χ0n) is 6.20. The molecule has 0 aliphatic carbocycles. The fourth-order valence-corrected chi connectivity index (χ4v) is 0.397. The van der Waals surface area contributed by atoms with Gasteiger partial charge in [0, 0.05) is 0 Å². The van der Waals surface area contributed by atoms with Gasteiger partial charge in [-0.3, -0.25) is 20.9 Å². The van der Waals surface area contributed by atoms with Crippen LogP contribution in [0.15, 0.2) is 5.10 Å². The molecule has 0 rings (SSSR count). The van der Waals surface area contributed by atoms with Crippen LogP contribution in [-0.4, -0.2) is 30.7 Å². The van der Waals surface area contributed by atoms with Crippen LogP contribution < -0.4 is 10.9 Å². The molecule has 0 unspecified atom stereocenters. The molecule has 0 radical (unpaired) electrons. The number of nitrogens with one attached hydrogen (secondary N) is 2. The number of rotatable bonds is 5. The summed E-state index contributed by atoms with van der Waals surface area (Å²) in [7, 11) is 0. The van der Waals surface area contributed by atoms with Gasteiger partial charge in [-0.2, -0.15) is 5.10 Å². The normalized spacial score (nSPS) is 9.64. The Balaban J connectivity index is 3.24. The second-order valence-corrected chi connectivity index (χ2v) is 1.53. The quantitative estimate of drug-likeness (QED) is 0.210. The zero-order chi connectivity index (χ0) is 8.53. The summed E-state index contributed by atoms with van der Waals surface area (Å²) in [6, 6.07) is 0. The van der Waals surface area contributed by atoms with Gasteiger partial charge < -0.3 is 4.74 Å². The van der Waals surface area contributed by atoms with Crippen LogP contribution in [0.4, 0.5) is 0 Å². The number of carbonyl (C=O) groups is 1. The minimum atomic E-state index is -0.386. The summed E-state index contributed by atoms with van der Waals surface area (Å²) in [5, 5.41) is 11.4. The van der Waals surface area contributed by atoms with Crippen LogP contribution >= 0.6 is 0 Å². The van der Waals surface area contributed by atoms with E-state index in [1.165, 1.54) is 0 Å². The Hall–Kier alpha value is -1.30. The van der Waals surface area contributed by atoms with Crippen molar-refractivity contribution in [1.29, 1.82) is 0 Å². The molecule has 0 aliphatic rings. The predicted molar refractivity (Wildman–Crippen MR) is 38.0 cm³/mol. The average molecular weight is 161 g/mol. The van der Waals surface area contributed by atoms with Crippen molar-refractivity contribution in [2.75, 3.05) is 13.2 Å². The molecule has 0 amide bonds. The van der Waals surface area contributed by atoms with Crippen LogP contribution in [0.3, 0.4) is 0 Å². The molecule has 0 heterocycles. The van der Waals surface area contributed by atoms with E-state index in [0.29, 0.717) is 6.61 Å². The van der Waals surface area contributed by atoms with Gasteiger partial charge in [-0.25, -0.2) is 0 Å². The molecule has 0 aromatic rings. The van der Waals surface area contributed by atoms with Gasteiger partial charge in [0.15, 0.2) is 0 Å². The maximum absolute atomic E-state index is 10.6. The van der Waals surface area contributed by atoms with Crippen molar-refractivity contribution in [2.24, 2.45) is 5.10 Å². The van der Waals surface area contributed by atoms with E-state index < -0.39 is 0 Å². The molecule has 3 N–H and O–H groups in total. The molecule has 6 heteroatoms. The minimum Gasteiger partial charge on any atom is -0.465 e. The number of ether oxygens (including phenoxy) is 1. The van der Waals surface area contributed by atoms with Crippen LogP contribution in [0.2, 0.25) is 0 Å². The highest BCUT2D eigenvalue weighted by atomic mass is 16.5. The molecular formula is C5H11N3O3. The highest BCUT2D eigenvalue weighted by Crippen LogP contribution is 1.73. The van der Waals surface area contributed by atoms with Gasteiger partial charge in [0.2, 0.25) is 0 Å². The lowest BCUT2D eigenvalue weighted by Crippen LogP contribution is -2.21. The first-order valence-corrected chi connectivity index (χ1v) is 3.11. The zero-order valence-corrected chi connectivity index (χ0v) is 6.20.